The Balaban J connectivity index is 1.96. The molecule has 26 heavy (non-hydrogen) atoms. The molecule has 0 amide bonds. The van der Waals surface area contributed by atoms with Crippen LogP contribution in [0.15, 0.2) is 42.5 Å². The topological polar surface area (TPSA) is 9.23 Å². The van der Waals surface area contributed by atoms with E-state index in [2.05, 4.69) is 4.74 Å². The molecule has 0 N–H and O–H groups in total. The van der Waals surface area contributed by atoms with E-state index in [1.165, 1.54) is 12.1 Å². The average molecular weight is 376 g/mol. The zero-order valence-electron chi connectivity index (χ0n) is 14.0. The molecule has 0 heterocycles. The lowest BCUT2D eigenvalue weighted by Gasteiger charge is -2.18. The van der Waals surface area contributed by atoms with Gasteiger partial charge in [-0.25, -0.2) is 4.39 Å². The molecule has 0 aliphatic carbocycles. The minimum Gasteiger partial charge on any atom is -0.316 e. The molecule has 0 aliphatic heterocycles. The largest absolute Gasteiger partial charge is 0.419 e. The molecule has 0 saturated heterocycles. The summed E-state index contributed by atoms with van der Waals surface area (Å²) in [6, 6.07) is 8.08. The molecule has 0 aliphatic rings. The first-order valence-electron chi connectivity index (χ1n) is 8.10. The van der Waals surface area contributed by atoms with Gasteiger partial charge in [-0.05, 0) is 36.1 Å². The van der Waals surface area contributed by atoms with Crippen molar-refractivity contribution in [1.29, 1.82) is 0 Å². The van der Waals surface area contributed by atoms with Gasteiger partial charge in [0.2, 0.25) is 0 Å². The van der Waals surface area contributed by atoms with Gasteiger partial charge < -0.3 is 4.74 Å². The van der Waals surface area contributed by atoms with Crippen LogP contribution in [0.2, 0.25) is 0 Å². The third-order valence-electron chi connectivity index (χ3n) is 3.84. The van der Waals surface area contributed by atoms with Crippen LogP contribution in [-0.4, -0.2) is 6.61 Å². The lowest BCUT2D eigenvalue weighted by molar-refractivity contribution is -0.248. The van der Waals surface area contributed by atoms with E-state index < -0.39 is 30.3 Å². The van der Waals surface area contributed by atoms with E-state index in [0.717, 1.165) is 24.5 Å². The third kappa shape index (κ3) is 5.24. The highest BCUT2D eigenvalue weighted by molar-refractivity contribution is 5.27. The van der Waals surface area contributed by atoms with Gasteiger partial charge in [-0.1, -0.05) is 43.7 Å². The molecule has 142 valence electrons. The Bertz CT molecular complexity index is 722. The second-order valence-corrected chi connectivity index (χ2v) is 5.87. The van der Waals surface area contributed by atoms with E-state index >= 15 is 0 Å². The maximum Gasteiger partial charge on any atom is 0.419 e. The summed E-state index contributed by atoms with van der Waals surface area (Å²) < 4.78 is 83.6. The van der Waals surface area contributed by atoms with Gasteiger partial charge in [-0.3, -0.25) is 0 Å². The van der Waals surface area contributed by atoms with Crippen LogP contribution in [-0.2, 0) is 29.9 Å². The molecular weight excluding hydrogens is 358 g/mol. The standard InChI is InChI=1S/C19H18F6O/c1-2-3-13-4-7-15(8-5-13)19(24,25)26-11-10-14-6-9-16(17(20)12-14)18(21,22)23/h4-9,12H,2-3,10-11H2,1H3. The van der Waals surface area contributed by atoms with Gasteiger partial charge in [0, 0.05) is 0 Å². The highest BCUT2D eigenvalue weighted by Gasteiger charge is 2.34. The normalized spacial score (nSPS) is 12.4. The zero-order chi connectivity index (χ0) is 19.4. The van der Waals surface area contributed by atoms with E-state index in [1.54, 1.807) is 12.1 Å². The van der Waals surface area contributed by atoms with Crippen LogP contribution in [0.4, 0.5) is 26.3 Å². The van der Waals surface area contributed by atoms with Crippen molar-refractivity contribution in [3.63, 3.8) is 0 Å². The van der Waals surface area contributed by atoms with Gasteiger partial charge in [0.15, 0.2) is 0 Å². The summed E-state index contributed by atoms with van der Waals surface area (Å²) in [5.41, 5.74) is -0.618. The SMILES string of the molecule is CCCc1ccc(C(F)(F)OCCc2ccc(C(F)(F)F)c(F)c2)cc1. The fourth-order valence-electron chi connectivity index (χ4n) is 2.48. The average Bonchev–Trinajstić information content (AvgIpc) is 2.54. The highest BCUT2D eigenvalue weighted by atomic mass is 19.4. The Hall–Kier alpha value is -2.02. The zero-order valence-corrected chi connectivity index (χ0v) is 14.0. The molecule has 2 aromatic rings. The maximum absolute atomic E-state index is 14.0. The predicted octanol–water partition coefficient (Wildman–Crippen LogP) is 6.11. The van der Waals surface area contributed by atoms with Crippen molar-refractivity contribution in [1.82, 2.24) is 0 Å². The summed E-state index contributed by atoms with van der Waals surface area (Å²) in [6.07, 6.45) is -6.79. The van der Waals surface area contributed by atoms with E-state index in [4.69, 9.17) is 0 Å². The van der Waals surface area contributed by atoms with Gasteiger partial charge >= 0.3 is 12.3 Å². The van der Waals surface area contributed by atoms with Crippen molar-refractivity contribution in [3.8, 4) is 0 Å². The first kappa shape index (κ1) is 20.3. The molecule has 0 aromatic heterocycles. The Morgan fingerprint density at radius 1 is 0.846 bits per heavy atom. The summed E-state index contributed by atoms with van der Waals surface area (Å²) >= 11 is 0. The van der Waals surface area contributed by atoms with Crippen molar-refractivity contribution in [2.45, 2.75) is 38.5 Å². The lowest BCUT2D eigenvalue weighted by Crippen LogP contribution is -2.20. The van der Waals surface area contributed by atoms with E-state index in [1.807, 2.05) is 6.92 Å². The summed E-state index contributed by atoms with van der Waals surface area (Å²) in [5.74, 6) is -1.44. The van der Waals surface area contributed by atoms with Crippen LogP contribution >= 0.6 is 0 Å². The second kappa shape index (κ2) is 8.12. The summed E-state index contributed by atoms with van der Waals surface area (Å²) in [7, 11) is 0. The quantitative estimate of drug-likeness (QED) is 0.530. The van der Waals surface area contributed by atoms with Crippen LogP contribution < -0.4 is 0 Å². The summed E-state index contributed by atoms with van der Waals surface area (Å²) in [5, 5.41) is 0. The van der Waals surface area contributed by atoms with Crippen LogP contribution in [0.5, 0.6) is 0 Å². The second-order valence-electron chi connectivity index (χ2n) is 5.87. The van der Waals surface area contributed by atoms with Crippen molar-refractivity contribution in [2.24, 2.45) is 0 Å². The number of alkyl halides is 5. The Kier molecular flexibility index (Phi) is 6.34. The Morgan fingerprint density at radius 2 is 1.46 bits per heavy atom. The number of halogens is 6. The molecule has 0 unspecified atom stereocenters. The van der Waals surface area contributed by atoms with Crippen LogP contribution in [0.25, 0.3) is 0 Å². The molecule has 0 fully saturated rings. The van der Waals surface area contributed by atoms with E-state index in [9.17, 15) is 26.3 Å². The number of aryl methyl sites for hydroxylation is 1. The molecular formula is C19H18F6O. The van der Waals surface area contributed by atoms with Crippen molar-refractivity contribution in [2.75, 3.05) is 6.61 Å². The first-order valence-corrected chi connectivity index (χ1v) is 8.10. The molecule has 0 saturated carbocycles. The smallest absolute Gasteiger partial charge is 0.316 e. The fourth-order valence-corrected chi connectivity index (χ4v) is 2.48. The van der Waals surface area contributed by atoms with Gasteiger partial charge in [0.25, 0.3) is 0 Å². The lowest BCUT2D eigenvalue weighted by atomic mass is 10.1. The first-order chi connectivity index (χ1) is 12.1. The molecule has 2 rings (SSSR count). The molecule has 0 radical (unpaired) electrons. The number of ether oxygens (including phenoxy) is 1. The molecule has 7 heteroatoms. The highest BCUT2D eigenvalue weighted by Crippen LogP contribution is 2.32. The summed E-state index contributed by atoms with van der Waals surface area (Å²) in [6.45, 7) is 1.52. The van der Waals surface area contributed by atoms with E-state index in [0.29, 0.717) is 12.1 Å². The fraction of sp³-hybridized carbons (Fsp3) is 0.368. The van der Waals surface area contributed by atoms with Gasteiger partial charge in [0.1, 0.15) is 5.82 Å². The van der Waals surface area contributed by atoms with Crippen molar-refractivity contribution >= 4 is 0 Å². The monoisotopic (exact) mass is 376 g/mol. The number of benzene rings is 2. The molecule has 0 atom stereocenters. The number of hydrogen-bond acceptors (Lipinski definition) is 1. The van der Waals surface area contributed by atoms with Crippen molar-refractivity contribution < 1.29 is 31.1 Å². The van der Waals surface area contributed by atoms with Gasteiger partial charge in [-0.2, -0.15) is 22.0 Å². The van der Waals surface area contributed by atoms with Crippen LogP contribution in [0.3, 0.4) is 0 Å². The molecule has 2 aromatic carbocycles. The van der Waals surface area contributed by atoms with E-state index in [-0.39, 0.29) is 17.5 Å². The molecule has 0 spiro atoms. The number of hydrogen-bond donors (Lipinski definition) is 0. The Labute approximate surface area is 147 Å². The molecule has 0 bridgehead atoms. The van der Waals surface area contributed by atoms with Crippen LogP contribution in [0.1, 0.15) is 35.6 Å². The maximum atomic E-state index is 14.0. The minimum atomic E-state index is -4.80. The predicted molar refractivity (Wildman–Crippen MR) is 85.4 cm³/mol. The Morgan fingerprint density at radius 3 is 2.00 bits per heavy atom. The molecule has 1 nitrogen and oxygen atoms in total. The van der Waals surface area contributed by atoms with Gasteiger partial charge in [-0.15, -0.1) is 0 Å². The van der Waals surface area contributed by atoms with Gasteiger partial charge in [0.05, 0.1) is 17.7 Å². The number of rotatable bonds is 7. The minimum absolute atomic E-state index is 0.140. The van der Waals surface area contributed by atoms with Crippen molar-refractivity contribution in [3.05, 3.63) is 70.5 Å². The van der Waals surface area contributed by atoms with Crippen LogP contribution in [0, 0.1) is 5.82 Å². The summed E-state index contributed by atoms with van der Waals surface area (Å²) in [4.78, 5) is 0. The third-order valence-corrected chi connectivity index (χ3v) is 3.84.